The van der Waals surface area contributed by atoms with Crippen molar-refractivity contribution in [2.45, 2.75) is 18.8 Å². The number of ether oxygens (including phenoxy) is 3. The fraction of sp³-hybridized carbons (Fsp3) is 0.300. The minimum Gasteiger partial charge on any atom is -0.497 e. The van der Waals surface area contributed by atoms with Crippen molar-refractivity contribution in [1.82, 2.24) is 0 Å². The first-order valence-corrected chi connectivity index (χ1v) is 7.85. The Labute approximate surface area is 147 Å². The molecule has 0 aliphatic carbocycles. The number of methoxy groups -OCH3 is 3. The molecular formula is C20H22O5. The monoisotopic (exact) mass is 342 g/mol. The molecule has 0 heterocycles. The summed E-state index contributed by atoms with van der Waals surface area (Å²) in [5, 5.41) is 0. The van der Waals surface area contributed by atoms with E-state index in [0.717, 1.165) is 11.3 Å². The van der Waals surface area contributed by atoms with Gasteiger partial charge in [0.15, 0.2) is 0 Å². The summed E-state index contributed by atoms with van der Waals surface area (Å²) in [6, 6.07) is 14.4. The molecule has 0 bridgehead atoms. The van der Waals surface area contributed by atoms with Crippen molar-refractivity contribution in [2.75, 3.05) is 21.3 Å². The van der Waals surface area contributed by atoms with E-state index >= 15 is 0 Å². The van der Waals surface area contributed by atoms with E-state index in [2.05, 4.69) is 0 Å². The van der Waals surface area contributed by atoms with Gasteiger partial charge in [0.25, 0.3) is 0 Å². The smallest absolute Gasteiger partial charge is 0.338 e. The van der Waals surface area contributed by atoms with Gasteiger partial charge in [-0.15, -0.1) is 0 Å². The molecule has 1 unspecified atom stereocenters. The maximum absolute atomic E-state index is 12.6. The Morgan fingerprint density at radius 1 is 0.920 bits per heavy atom. The van der Waals surface area contributed by atoms with Crippen LogP contribution in [-0.2, 0) is 26.1 Å². The van der Waals surface area contributed by atoms with Crippen molar-refractivity contribution in [2.24, 2.45) is 0 Å². The summed E-state index contributed by atoms with van der Waals surface area (Å²) in [6.45, 7) is 1.77. The van der Waals surface area contributed by atoms with E-state index in [1.807, 2.05) is 24.3 Å². The van der Waals surface area contributed by atoms with Crippen LogP contribution in [0.4, 0.5) is 0 Å². The average molecular weight is 342 g/mol. The summed E-state index contributed by atoms with van der Waals surface area (Å²) in [4.78, 5) is 24.8. The van der Waals surface area contributed by atoms with Gasteiger partial charge in [0.05, 0.1) is 32.3 Å². The molecule has 0 spiro atoms. The van der Waals surface area contributed by atoms with Crippen LogP contribution in [0.15, 0.2) is 48.5 Å². The van der Waals surface area contributed by atoms with Crippen LogP contribution in [0.25, 0.3) is 0 Å². The molecule has 5 nitrogen and oxygen atoms in total. The molecule has 5 heteroatoms. The molecule has 0 saturated carbocycles. The molecule has 0 amide bonds. The van der Waals surface area contributed by atoms with Gasteiger partial charge in [-0.05, 0) is 42.7 Å². The van der Waals surface area contributed by atoms with Crippen LogP contribution in [0.2, 0.25) is 0 Å². The Hall–Kier alpha value is -2.82. The minimum atomic E-state index is -1.03. The lowest BCUT2D eigenvalue weighted by molar-refractivity contribution is -0.146. The normalized spacial score (nSPS) is 12.8. The lowest BCUT2D eigenvalue weighted by Crippen LogP contribution is -2.37. The van der Waals surface area contributed by atoms with Crippen LogP contribution in [0, 0.1) is 0 Å². The zero-order valence-corrected chi connectivity index (χ0v) is 14.9. The number of hydrogen-bond acceptors (Lipinski definition) is 5. The fourth-order valence-electron chi connectivity index (χ4n) is 2.91. The topological polar surface area (TPSA) is 61.8 Å². The van der Waals surface area contributed by atoms with Gasteiger partial charge in [0.1, 0.15) is 5.75 Å². The summed E-state index contributed by atoms with van der Waals surface area (Å²) < 4.78 is 15.1. The van der Waals surface area contributed by atoms with E-state index in [4.69, 9.17) is 14.2 Å². The summed E-state index contributed by atoms with van der Waals surface area (Å²) in [5.74, 6) is -0.168. The lowest BCUT2D eigenvalue weighted by Gasteiger charge is -2.29. The molecule has 2 rings (SSSR count). The maximum Gasteiger partial charge on any atom is 0.338 e. The first kappa shape index (κ1) is 18.5. The Morgan fingerprint density at radius 3 is 2.12 bits per heavy atom. The molecule has 132 valence electrons. The van der Waals surface area contributed by atoms with E-state index in [-0.39, 0.29) is 0 Å². The third kappa shape index (κ3) is 3.82. The standard InChI is InChI=1S/C20H22O5/c1-20(19(22)25-4,13-14-9-11-15(23-2)12-10-14)17-8-6-5-7-16(17)18(21)24-3/h5-12H,13H2,1-4H3. The van der Waals surface area contributed by atoms with Gasteiger partial charge in [-0.1, -0.05) is 30.3 Å². The zero-order valence-electron chi connectivity index (χ0n) is 14.9. The van der Waals surface area contributed by atoms with E-state index in [1.54, 1.807) is 38.3 Å². The highest BCUT2D eigenvalue weighted by Gasteiger charge is 2.39. The summed E-state index contributed by atoms with van der Waals surface area (Å²) in [5.41, 5.74) is 0.818. The van der Waals surface area contributed by atoms with Gasteiger partial charge >= 0.3 is 11.9 Å². The van der Waals surface area contributed by atoms with Crippen LogP contribution in [0.5, 0.6) is 5.75 Å². The molecule has 0 radical (unpaired) electrons. The maximum atomic E-state index is 12.6. The zero-order chi connectivity index (χ0) is 18.4. The second kappa shape index (κ2) is 7.83. The number of carbonyl (C=O) groups excluding carboxylic acids is 2. The van der Waals surface area contributed by atoms with Crippen molar-refractivity contribution >= 4 is 11.9 Å². The van der Waals surface area contributed by atoms with Gasteiger partial charge < -0.3 is 14.2 Å². The predicted molar refractivity (Wildman–Crippen MR) is 93.8 cm³/mol. The van der Waals surface area contributed by atoms with Crippen molar-refractivity contribution in [3.63, 3.8) is 0 Å². The molecule has 25 heavy (non-hydrogen) atoms. The Balaban J connectivity index is 2.51. The first-order valence-electron chi connectivity index (χ1n) is 7.85. The summed E-state index contributed by atoms with van der Waals surface area (Å²) >= 11 is 0. The Morgan fingerprint density at radius 2 is 1.56 bits per heavy atom. The van der Waals surface area contributed by atoms with Gasteiger partial charge in [-0.3, -0.25) is 4.79 Å². The van der Waals surface area contributed by atoms with E-state index < -0.39 is 17.4 Å². The number of esters is 2. The van der Waals surface area contributed by atoms with Crippen molar-refractivity contribution in [3.05, 3.63) is 65.2 Å². The van der Waals surface area contributed by atoms with Crippen LogP contribution < -0.4 is 4.74 Å². The highest BCUT2D eigenvalue weighted by Crippen LogP contribution is 2.33. The number of rotatable bonds is 6. The Kier molecular flexibility index (Phi) is 5.80. The third-order valence-corrected chi connectivity index (χ3v) is 4.28. The van der Waals surface area contributed by atoms with Crippen molar-refractivity contribution in [1.29, 1.82) is 0 Å². The minimum absolute atomic E-state index is 0.353. The lowest BCUT2D eigenvalue weighted by atomic mass is 9.75. The Bertz CT molecular complexity index is 751. The molecule has 0 aliphatic heterocycles. The highest BCUT2D eigenvalue weighted by molar-refractivity contribution is 5.95. The van der Waals surface area contributed by atoms with Crippen LogP contribution in [-0.4, -0.2) is 33.3 Å². The van der Waals surface area contributed by atoms with Gasteiger partial charge in [0.2, 0.25) is 0 Å². The SMILES string of the molecule is COC(=O)c1ccccc1C(C)(Cc1ccc(OC)cc1)C(=O)OC. The van der Waals surface area contributed by atoms with Crippen molar-refractivity contribution < 1.29 is 23.8 Å². The highest BCUT2D eigenvalue weighted by atomic mass is 16.5. The second-order valence-electron chi connectivity index (χ2n) is 5.89. The molecule has 2 aromatic carbocycles. The largest absolute Gasteiger partial charge is 0.497 e. The summed E-state index contributed by atoms with van der Waals surface area (Å²) in [6.07, 6.45) is 0.373. The summed E-state index contributed by atoms with van der Waals surface area (Å²) in [7, 11) is 4.26. The fourth-order valence-corrected chi connectivity index (χ4v) is 2.91. The second-order valence-corrected chi connectivity index (χ2v) is 5.89. The molecular weight excluding hydrogens is 320 g/mol. The molecule has 0 aromatic heterocycles. The van der Waals surface area contributed by atoms with Crippen LogP contribution in [0.3, 0.4) is 0 Å². The van der Waals surface area contributed by atoms with Gasteiger partial charge in [-0.25, -0.2) is 4.79 Å². The van der Waals surface area contributed by atoms with E-state index in [0.29, 0.717) is 17.5 Å². The van der Waals surface area contributed by atoms with Crippen LogP contribution >= 0.6 is 0 Å². The molecule has 0 saturated heterocycles. The molecule has 0 N–H and O–H groups in total. The number of benzene rings is 2. The van der Waals surface area contributed by atoms with Crippen molar-refractivity contribution in [3.8, 4) is 5.75 Å². The number of hydrogen-bond donors (Lipinski definition) is 0. The predicted octanol–water partition coefficient (Wildman–Crippen LogP) is 3.16. The third-order valence-electron chi connectivity index (χ3n) is 4.28. The van der Waals surface area contributed by atoms with Gasteiger partial charge in [0, 0.05) is 0 Å². The number of carbonyl (C=O) groups is 2. The molecule has 0 aliphatic rings. The van der Waals surface area contributed by atoms with E-state index in [9.17, 15) is 9.59 Å². The quantitative estimate of drug-likeness (QED) is 0.755. The van der Waals surface area contributed by atoms with Crippen LogP contribution in [0.1, 0.15) is 28.4 Å². The first-order chi connectivity index (χ1) is 12.0. The molecule has 2 aromatic rings. The molecule has 0 fully saturated rings. The van der Waals surface area contributed by atoms with Gasteiger partial charge in [-0.2, -0.15) is 0 Å². The van der Waals surface area contributed by atoms with E-state index in [1.165, 1.54) is 14.2 Å². The average Bonchev–Trinajstić information content (AvgIpc) is 2.67. The molecule has 1 atom stereocenters.